The van der Waals surface area contributed by atoms with E-state index in [1.165, 1.54) is 12.1 Å². The quantitative estimate of drug-likeness (QED) is 0.602. The molecule has 2 aromatic rings. The molecule has 0 saturated carbocycles. The maximum Gasteiger partial charge on any atom is 0.269 e. The van der Waals surface area contributed by atoms with Crippen molar-refractivity contribution in [1.29, 1.82) is 0 Å². The zero-order valence-electron chi connectivity index (χ0n) is 14.7. The smallest absolute Gasteiger partial charge is 0.269 e. The van der Waals surface area contributed by atoms with E-state index in [-0.39, 0.29) is 35.5 Å². The Kier molecular flexibility index (Phi) is 5.24. The van der Waals surface area contributed by atoms with Crippen molar-refractivity contribution in [2.24, 2.45) is 0 Å². The molecule has 0 radical (unpaired) electrons. The first-order valence-corrected chi connectivity index (χ1v) is 9.92. The van der Waals surface area contributed by atoms with Crippen molar-refractivity contribution in [1.82, 2.24) is 4.72 Å². The number of rotatable bonds is 6. The van der Waals surface area contributed by atoms with Crippen LogP contribution in [0.5, 0.6) is 0 Å². The van der Waals surface area contributed by atoms with Crippen molar-refractivity contribution in [2.45, 2.75) is 30.7 Å². The summed E-state index contributed by atoms with van der Waals surface area (Å²) in [6, 6.07) is 12.3. The fourth-order valence-corrected chi connectivity index (χ4v) is 4.22. The van der Waals surface area contributed by atoms with Crippen LogP contribution >= 0.6 is 0 Å². The fourth-order valence-electron chi connectivity index (χ4n) is 3.19. The number of sulfonamides is 1. The van der Waals surface area contributed by atoms with Gasteiger partial charge in [0.2, 0.25) is 15.9 Å². The normalized spacial score (nSPS) is 16.2. The number of carbonyl (C=O) groups is 1. The number of nitro benzene ring substituents is 1. The van der Waals surface area contributed by atoms with Crippen molar-refractivity contribution in [3.63, 3.8) is 0 Å². The lowest BCUT2D eigenvalue weighted by Crippen LogP contribution is -2.38. The number of benzene rings is 2. The highest BCUT2D eigenvalue weighted by Gasteiger charge is 2.30. The van der Waals surface area contributed by atoms with Gasteiger partial charge in [-0.3, -0.25) is 14.9 Å². The van der Waals surface area contributed by atoms with E-state index < -0.39 is 14.9 Å². The van der Waals surface area contributed by atoms with Gasteiger partial charge >= 0.3 is 0 Å². The standard InChI is InChI=1S/C18H19N3O5S/c1-13-12-14-4-2-3-5-17(14)20(13)18(22)10-11-19-27(25,26)16-8-6-15(7-9-16)21(23)24/h2-9,13,19H,10-12H2,1H3. The summed E-state index contributed by atoms with van der Waals surface area (Å²) >= 11 is 0. The Morgan fingerprint density at radius 1 is 1.22 bits per heavy atom. The molecule has 8 nitrogen and oxygen atoms in total. The number of non-ortho nitro benzene ring substituents is 1. The van der Waals surface area contributed by atoms with Gasteiger partial charge in [0.15, 0.2) is 0 Å². The molecule has 9 heteroatoms. The molecule has 1 amide bonds. The summed E-state index contributed by atoms with van der Waals surface area (Å²) in [7, 11) is -3.84. The van der Waals surface area contributed by atoms with Crippen LogP contribution in [0, 0.1) is 10.1 Å². The van der Waals surface area contributed by atoms with E-state index in [1.807, 2.05) is 31.2 Å². The minimum absolute atomic E-state index is 0.0187. The molecule has 1 atom stereocenters. The second kappa shape index (κ2) is 7.45. The Balaban J connectivity index is 1.62. The first kappa shape index (κ1) is 19.0. The zero-order valence-corrected chi connectivity index (χ0v) is 15.5. The molecule has 1 unspecified atom stereocenters. The predicted octanol–water partition coefficient (Wildman–Crippen LogP) is 2.24. The molecule has 0 aliphatic carbocycles. The molecule has 3 rings (SSSR count). The van der Waals surface area contributed by atoms with E-state index in [0.717, 1.165) is 29.8 Å². The summed E-state index contributed by atoms with van der Waals surface area (Å²) < 4.78 is 26.9. The summed E-state index contributed by atoms with van der Waals surface area (Å²) in [5.41, 5.74) is 1.78. The highest BCUT2D eigenvalue weighted by atomic mass is 32.2. The summed E-state index contributed by atoms with van der Waals surface area (Å²) in [4.78, 5) is 24.2. The van der Waals surface area contributed by atoms with Crippen LogP contribution in [-0.2, 0) is 21.2 Å². The SMILES string of the molecule is CC1Cc2ccccc2N1C(=O)CCNS(=O)(=O)c1ccc([N+](=O)[O-])cc1. The van der Waals surface area contributed by atoms with Crippen molar-refractivity contribution in [2.75, 3.05) is 11.4 Å². The molecule has 27 heavy (non-hydrogen) atoms. The predicted molar refractivity (Wildman–Crippen MR) is 100.0 cm³/mol. The molecule has 1 aliphatic heterocycles. The number of carbonyl (C=O) groups excluding carboxylic acids is 1. The van der Waals surface area contributed by atoms with E-state index in [0.29, 0.717) is 0 Å². The van der Waals surface area contributed by atoms with Crippen molar-refractivity contribution < 1.29 is 18.1 Å². The molecular weight excluding hydrogens is 370 g/mol. The Bertz CT molecular complexity index is 973. The number of hydrogen-bond acceptors (Lipinski definition) is 5. The van der Waals surface area contributed by atoms with Crippen LogP contribution in [0.1, 0.15) is 18.9 Å². The number of amides is 1. The fraction of sp³-hybridized carbons (Fsp3) is 0.278. The van der Waals surface area contributed by atoms with E-state index in [2.05, 4.69) is 4.72 Å². The van der Waals surface area contributed by atoms with Gasteiger partial charge in [0.1, 0.15) is 0 Å². The van der Waals surface area contributed by atoms with Crippen molar-refractivity contribution in [3.8, 4) is 0 Å². The first-order valence-electron chi connectivity index (χ1n) is 8.43. The van der Waals surface area contributed by atoms with Gasteiger partial charge in [-0.25, -0.2) is 13.1 Å². The average Bonchev–Trinajstić information content (AvgIpc) is 2.97. The lowest BCUT2D eigenvalue weighted by molar-refractivity contribution is -0.384. The van der Waals surface area contributed by atoms with Gasteiger partial charge in [0, 0.05) is 36.8 Å². The molecular formula is C18H19N3O5S. The summed E-state index contributed by atoms with van der Waals surface area (Å²) in [6.07, 6.45) is 0.793. The van der Waals surface area contributed by atoms with E-state index in [9.17, 15) is 23.3 Å². The van der Waals surface area contributed by atoms with Crippen LogP contribution in [0.2, 0.25) is 0 Å². The maximum atomic E-state index is 12.6. The third-order valence-electron chi connectivity index (χ3n) is 4.46. The minimum atomic E-state index is -3.84. The number of para-hydroxylation sites is 1. The molecule has 1 heterocycles. The number of nitro groups is 1. The van der Waals surface area contributed by atoms with Crippen LogP contribution in [0.3, 0.4) is 0 Å². The second-order valence-corrected chi connectivity index (χ2v) is 8.11. The van der Waals surface area contributed by atoms with Gasteiger partial charge in [-0.05, 0) is 37.1 Å². The Hall–Kier alpha value is -2.78. The second-order valence-electron chi connectivity index (χ2n) is 6.34. The maximum absolute atomic E-state index is 12.6. The molecule has 142 valence electrons. The van der Waals surface area contributed by atoms with Crippen molar-refractivity contribution in [3.05, 3.63) is 64.2 Å². The molecule has 0 aromatic heterocycles. The van der Waals surface area contributed by atoms with Crippen LogP contribution in [-0.4, -0.2) is 31.8 Å². The first-order chi connectivity index (χ1) is 12.8. The third-order valence-corrected chi connectivity index (χ3v) is 5.94. The number of nitrogens with one attached hydrogen (secondary N) is 1. The van der Waals surface area contributed by atoms with Crippen LogP contribution in [0.25, 0.3) is 0 Å². The molecule has 0 spiro atoms. The van der Waals surface area contributed by atoms with E-state index >= 15 is 0 Å². The van der Waals surface area contributed by atoms with Crippen LogP contribution in [0.15, 0.2) is 53.4 Å². The number of anilines is 1. The number of hydrogen-bond donors (Lipinski definition) is 1. The van der Waals surface area contributed by atoms with Gasteiger partial charge < -0.3 is 4.90 Å². The largest absolute Gasteiger partial charge is 0.309 e. The molecule has 2 aromatic carbocycles. The molecule has 0 bridgehead atoms. The minimum Gasteiger partial charge on any atom is -0.309 e. The lowest BCUT2D eigenvalue weighted by Gasteiger charge is -2.22. The monoisotopic (exact) mass is 389 g/mol. The molecule has 1 aliphatic rings. The van der Waals surface area contributed by atoms with Gasteiger partial charge in [-0.2, -0.15) is 0 Å². The van der Waals surface area contributed by atoms with Gasteiger partial charge in [0.25, 0.3) is 5.69 Å². The third kappa shape index (κ3) is 3.99. The Morgan fingerprint density at radius 3 is 2.56 bits per heavy atom. The van der Waals surface area contributed by atoms with Gasteiger partial charge in [0.05, 0.1) is 9.82 Å². The van der Waals surface area contributed by atoms with Gasteiger partial charge in [-0.15, -0.1) is 0 Å². The topological polar surface area (TPSA) is 110 Å². The van der Waals surface area contributed by atoms with E-state index in [4.69, 9.17) is 0 Å². The molecule has 0 saturated heterocycles. The van der Waals surface area contributed by atoms with Gasteiger partial charge in [-0.1, -0.05) is 18.2 Å². The molecule has 1 N–H and O–H groups in total. The highest BCUT2D eigenvalue weighted by Crippen LogP contribution is 2.32. The zero-order chi connectivity index (χ0) is 19.6. The summed E-state index contributed by atoms with van der Waals surface area (Å²) in [5, 5.41) is 10.6. The highest BCUT2D eigenvalue weighted by molar-refractivity contribution is 7.89. The number of fused-ring (bicyclic) bond motifs is 1. The van der Waals surface area contributed by atoms with Crippen LogP contribution < -0.4 is 9.62 Å². The summed E-state index contributed by atoms with van der Waals surface area (Å²) in [5.74, 6) is -0.154. The Labute approximate surface area is 157 Å². The molecule has 0 fully saturated rings. The van der Waals surface area contributed by atoms with Crippen molar-refractivity contribution >= 4 is 27.3 Å². The lowest BCUT2D eigenvalue weighted by atomic mass is 10.1. The average molecular weight is 389 g/mol. The van der Waals surface area contributed by atoms with E-state index in [1.54, 1.807) is 4.90 Å². The number of nitrogens with zero attached hydrogens (tertiary/aromatic N) is 2. The Morgan fingerprint density at radius 2 is 1.89 bits per heavy atom. The van der Waals surface area contributed by atoms with Crippen LogP contribution in [0.4, 0.5) is 11.4 Å². The summed E-state index contributed by atoms with van der Waals surface area (Å²) in [6.45, 7) is 1.91.